The molecule has 1 aromatic rings. The molecule has 42 valence electrons. The molecule has 1 aromatic heterocycles. The van der Waals surface area contributed by atoms with Crippen molar-refractivity contribution in [3.63, 3.8) is 0 Å². The standard InChI is InChI=1S/C5H5S.BrH.Zn/c1-5-2-3-6-4-5;;/h2-3H,1H3;1H;/q-1;;. The molecule has 0 radical (unpaired) electrons. The molecule has 8 heavy (non-hydrogen) atoms. The summed E-state index contributed by atoms with van der Waals surface area (Å²) in [6.07, 6.45) is 0. The second-order valence-corrected chi connectivity index (χ2v) is 1.92. The molecule has 1 heterocycles. The zero-order valence-corrected chi connectivity index (χ0v) is 10.2. The molecule has 0 aliphatic rings. The third-order valence-electron chi connectivity index (χ3n) is 0.606. The Morgan fingerprint density at radius 1 is 1.62 bits per heavy atom. The molecule has 0 nitrogen and oxygen atoms in total. The molecule has 0 bridgehead atoms. The van der Waals surface area contributed by atoms with Crippen molar-refractivity contribution < 1.29 is 19.5 Å². The van der Waals surface area contributed by atoms with Gasteiger partial charge in [0.15, 0.2) is 0 Å². The Kier molecular flexibility index (Phi) is 8.59. The molecule has 3 heteroatoms. The minimum absolute atomic E-state index is 0. The van der Waals surface area contributed by atoms with Gasteiger partial charge in [-0.15, -0.1) is 22.4 Å². The number of halogens is 1. The maximum Gasteiger partial charge on any atom is 0 e. The van der Waals surface area contributed by atoms with E-state index in [0.29, 0.717) is 0 Å². The molecule has 0 saturated heterocycles. The van der Waals surface area contributed by atoms with Gasteiger partial charge in [-0.1, -0.05) is 6.92 Å². The molecular formula is C5H6BrSZn-. The molecular weight excluding hydrogens is 237 g/mol. The molecule has 0 unspecified atom stereocenters. The van der Waals surface area contributed by atoms with Crippen LogP contribution in [0.1, 0.15) is 5.56 Å². The predicted octanol–water partition coefficient (Wildman–Crippen LogP) is 2.43. The maximum atomic E-state index is 3.04. The summed E-state index contributed by atoms with van der Waals surface area (Å²) in [4.78, 5) is 0. The van der Waals surface area contributed by atoms with Gasteiger partial charge >= 0.3 is 0 Å². The van der Waals surface area contributed by atoms with Crippen LogP contribution in [-0.2, 0) is 19.5 Å². The summed E-state index contributed by atoms with van der Waals surface area (Å²) in [7, 11) is 0. The molecule has 0 N–H and O–H groups in total. The van der Waals surface area contributed by atoms with Gasteiger partial charge in [-0.05, 0) is 0 Å². The molecule has 0 atom stereocenters. The van der Waals surface area contributed by atoms with Crippen LogP contribution in [0, 0.1) is 12.3 Å². The van der Waals surface area contributed by atoms with Crippen molar-refractivity contribution in [2.75, 3.05) is 0 Å². The van der Waals surface area contributed by atoms with E-state index in [9.17, 15) is 0 Å². The zero-order chi connectivity index (χ0) is 4.41. The van der Waals surface area contributed by atoms with E-state index in [-0.39, 0.29) is 36.5 Å². The molecule has 0 aliphatic carbocycles. The van der Waals surface area contributed by atoms with Gasteiger partial charge in [0.05, 0.1) is 0 Å². The average molecular weight is 243 g/mol. The van der Waals surface area contributed by atoms with Gasteiger partial charge in [0.1, 0.15) is 0 Å². The molecule has 0 amide bonds. The first kappa shape index (κ1) is 11.6. The first-order valence-corrected chi connectivity index (χ1v) is 2.69. The fourth-order valence-corrected chi connectivity index (χ4v) is 0.891. The van der Waals surface area contributed by atoms with Crippen molar-refractivity contribution in [1.29, 1.82) is 0 Å². The van der Waals surface area contributed by atoms with Crippen LogP contribution >= 0.6 is 28.3 Å². The number of hydrogen-bond acceptors (Lipinski definition) is 1. The van der Waals surface area contributed by atoms with Crippen molar-refractivity contribution in [2.24, 2.45) is 0 Å². The Morgan fingerprint density at radius 2 is 2.25 bits per heavy atom. The first-order chi connectivity index (χ1) is 2.89. The van der Waals surface area contributed by atoms with E-state index in [2.05, 4.69) is 5.38 Å². The van der Waals surface area contributed by atoms with Gasteiger partial charge in [0.2, 0.25) is 0 Å². The van der Waals surface area contributed by atoms with Crippen LogP contribution in [0.4, 0.5) is 0 Å². The Morgan fingerprint density at radius 3 is 2.38 bits per heavy atom. The second-order valence-electron chi connectivity index (χ2n) is 1.21. The Labute approximate surface area is 76.8 Å². The number of aryl methyl sites for hydroxylation is 1. The second kappa shape index (κ2) is 5.93. The third kappa shape index (κ3) is 3.76. The Hall–Kier alpha value is 0.803. The van der Waals surface area contributed by atoms with Crippen LogP contribution in [0.5, 0.6) is 0 Å². The summed E-state index contributed by atoms with van der Waals surface area (Å²) in [6, 6.07) is 2.05. The van der Waals surface area contributed by atoms with Crippen molar-refractivity contribution in [2.45, 2.75) is 6.92 Å². The van der Waals surface area contributed by atoms with Crippen LogP contribution in [0.3, 0.4) is 0 Å². The SMILES string of the molecule is Br.Cc1[c-]scc1.[Zn]. The Bertz CT molecular complexity index is 116. The van der Waals surface area contributed by atoms with E-state index in [0.717, 1.165) is 0 Å². The monoisotopic (exact) mass is 241 g/mol. The van der Waals surface area contributed by atoms with Crippen molar-refractivity contribution in [3.8, 4) is 0 Å². The van der Waals surface area contributed by atoms with E-state index < -0.39 is 0 Å². The van der Waals surface area contributed by atoms with Crippen LogP contribution in [0.15, 0.2) is 11.4 Å². The van der Waals surface area contributed by atoms with Crippen molar-refractivity contribution in [1.82, 2.24) is 0 Å². The van der Waals surface area contributed by atoms with Gasteiger partial charge in [-0.3, -0.25) is 0 Å². The minimum atomic E-state index is 0. The third-order valence-corrected chi connectivity index (χ3v) is 1.32. The van der Waals surface area contributed by atoms with Gasteiger partial charge in [-0.25, -0.2) is 6.07 Å². The summed E-state index contributed by atoms with van der Waals surface area (Å²) in [6.45, 7) is 2.04. The van der Waals surface area contributed by atoms with E-state index >= 15 is 0 Å². The van der Waals surface area contributed by atoms with Crippen LogP contribution < -0.4 is 0 Å². The average Bonchev–Trinajstić information content (AvgIpc) is 1.86. The predicted molar refractivity (Wildman–Crippen MR) is 38.2 cm³/mol. The minimum Gasteiger partial charge on any atom is -0.304 e. The summed E-state index contributed by atoms with van der Waals surface area (Å²) >= 11 is 1.61. The smallest absolute Gasteiger partial charge is 0 e. The van der Waals surface area contributed by atoms with Crippen LogP contribution in [-0.4, -0.2) is 0 Å². The van der Waals surface area contributed by atoms with E-state index in [4.69, 9.17) is 0 Å². The molecule has 0 saturated carbocycles. The molecule has 1 rings (SSSR count). The van der Waals surface area contributed by atoms with Gasteiger partial charge in [0, 0.05) is 19.5 Å². The quantitative estimate of drug-likeness (QED) is 0.485. The van der Waals surface area contributed by atoms with Gasteiger partial charge < -0.3 is 11.3 Å². The van der Waals surface area contributed by atoms with E-state index in [1.165, 1.54) is 5.56 Å². The van der Waals surface area contributed by atoms with Gasteiger partial charge in [-0.2, -0.15) is 10.9 Å². The topological polar surface area (TPSA) is 0 Å². The van der Waals surface area contributed by atoms with Crippen molar-refractivity contribution >= 4 is 28.3 Å². The number of thiophene rings is 1. The normalized spacial score (nSPS) is 6.62. The van der Waals surface area contributed by atoms with Crippen molar-refractivity contribution in [3.05, 3.63) is 22.4 Å². The summed E-state index contributed by atoms with van der Waals surface area (Å²) < 4.78 is 0. The summed E-state index contributed by atoms with van der Waals surface area (Å²) in [5.74, 6) is 0. The molecule has 0 aromatic carbocycles. The molecule has 0 spiro atoms. The molecule has 0 aliphatic heterocycles. The maximum absolute atomic E-state index is 3.04. The summed E-state index contributed by atoms with van der Waals surface area (Å²) in [5, 5.41) is 5.06. The Balaban J connectivity index is 0. The fourth-order valence-electron chi connectivity index (χ4n) is 0.297. The first-order valence-electron chi connectivity index (χ1n) is 1.81. The largest absolute Gasteiger partial charge is 0.304 e. The van der Waals surface area contributed by atoms with E-state index in [1.54, 1.807) is 11.3 Å². The van der Waals surface area contributed by atoms with Crippen LogP contribution in [0.25, 0.3) is 0 Å². The van der Waals surface area contributed by atoms with E-state index in [1.807, 2.05) is 18.4 Å². The number of hydrogen-bond donors (Lipinski definition) is 0. The summed E-state index contributed by atoms with van der Waals surface area (Å²) in [5.41, 5.74) is 1.24. The zero-order valence-electron chi connectivity index (χ0n) is 4.68. The fraction of sp³-hybridized carbons (Fsp3) is 0.200. The molecule has 0 fully saturated rings. The van der Waals surface area contributed by atoms with Gasteiger partial charge in [0.25, 0.3) is 0 Å². The number of rotatable bonds is 0. The van der Waals surface area contributed by atoms with Crippen LogP contribution in [0.2, 0.25) is 0 Å².